The zero-order valence-electron chi connectivity index (χ0n) is 17.8. The maximum absolute atomic E-state index is 12.8. The third-order valence-corrected chi connectivity index (χ3v) is 4.76. The number of aliphatic hydroxyl groups excluding tert-OH is 1. The number of esters is 1. The largest absolute Gasteiger partial charge is 0.507 e. The zero-order chi connectivity index (χ0) is 22.8. The lowest BCUT2D eigenvalue weighted by molar-refractivity contribution is -0.116. The van der Waals surface area contributed by atoms with Gasteiger partial charge in [0.15, 0.2) is 5.78 Å². The highest BCUT2D eigenvalue weighted by molar-refractivity contribution is 5.97. The topological polar surface area (TPSA) is 122 Å². The lowest BCUT2D eigenvalue weighted by atomic mass is 9.95. The van der Waals surface area contributed by atoms with E-state index in [4.69, 9.17) is 9.47 Å². The van der Waals surface area contributed by atoms with Crippen LogP contribution in [0.5, 0.6) is 5.75 Å². The number of allylic oxidation sites excluding steroid dienone is 1. The van der Waals surface area contributed by atoms with Gasteiger partial charge in [-0.05, 0) is 49.5 Å². The van der Waals surface area contributed by atoms with Gasteiger partial charge >= 0.3 is 12.1 Å². The van der Waals surface area contributed by atoms with Gasteiger partial charge in [0.25, 0.3) is 0 Å². The summed E-state index contributed by atoms with van der Waals surface area (Å²) in [6.45, 7) is 1.88. The molecule has 0 saturated heterocycles. The number of cyclic esters (lactones) is 1. The van der Waals surface area contributed by atoms with Gasteiger partial charge in [0.1, 0.15) is 17.4 Å². The minimum Gasteiger partial charge on any atom is -0.507 e. The third-order valence-electron chi connectivity index (χ3n) is 4.76. The van der Waals surface area contributed by atoms with Gasteiger partial charge < -0.3 is 25.0 Å². The van der Waals surface area contributed by atoms with Crippen molar-refractivity contribution in [2.24, 2.45) is 0 Å². The summed E-state index contributed by atoms with van der Waals surface area (Å²) in [5.74, 6) is -1.09. The number of aryl methyl sites for hydroxylation is 1. The molecule has 1 heterocycles. The first kappa shape index (κ1) is 24.1. The van der Waals surface area contributed by atoms with Gasteiger partial charge in [-0.3, -0.25) is 4.79 Å². The van der Waals surface area contributed by atoms with Gasteiger partial charge in [-0.1, -0.05) is 24.3 Å². The number of rotatable bonds is 4. The number of phenolic OH excluding ortho intramolecular Hbond substituents is 1. The molecule has 1 amide bonds. The number of carbonyl (C=O) groups is 3. The summed E-state index contributed by atoms with van der Waals surface area (Å²) in [4.78, 5) is 35.9. The standard InChI is InChI=1S/C23H29NO7/c1-15-6-3-8-17(25)14-18(26)9-4-10-19-16(7-5-13-30-23(29)24-2)11-12-20(27)21(19)22(28)31-15/h3-4,8,10-12,15,18,26-27H,5-7,9,13-14H2,1-2H3,(H,24,29)/b8-3-,10-4+/t15-,18-/m0/s1. The normalized spacial score (nSPS) is 21.9. The van der Waals surface area contributed by atoms with Crippen molar-refractivity contribution in [3.05, 3.63) is 47.1 Å². The minimum atomic E-state index is -0.856. The Morgan fingerprint density at radius 1 is 1.23 bits per heavy atom. The molecule has 0 fully saturated rings. The predicted octanol–water partition coefficient (Wildman–Crippen LogP) is 2.91. The van der Waals surface area contributed by atoms with Crippen molar-refractivity contribution < 1.29 is 34.1 Å². The van der Waals surface area contributed by atoms with E-state index < -0.39 is 24.3 Å². The number of aliphatic hydroxyl groups is 1. The summed E-state index contributed by atoms with van der Waals surface area (Å²) in [7, 11) is 1.47. The Hall–Kier alpha value is -3.13. The first-order valence-corrected chi connectivity index (χ1v) is 10.3. The second kappa shape index (κ2) is 11.9. The quantitative estimate of drug-likeness (QED) is 0.495. The van der Waals surface area contributed by atoms with Crippen molar-refractivity contribution in [1.29, 1.82) is 0 Å². The number of fused-ring (bicyclic) bond motifs is 1. The fourth-order valence-electron chi connectivity index (χ4n) is 3.18. The average Bonchev–Trinajstić information content (AvgIpc) is 2.71. The van der Waals surface area contributed by atoms with Crippen molar-refractivity contribution in [3.8, 4) is 5.75 Å². The third kappa shape index (κ3) is 7.57. The molecule has 31 heavy (non-hydrogen) atoms. The Kier molecular flexibility index (Phi) is 9.27. The number of hydrogen-bond donors (Lipinski definition) is 3. The molecule has 8 nitrogen and oxygen atoms in total. The molecular formula is C23H29NO7. The summed E-state index contributed by atoms with van der Waals surface area (Å²) >= 11 is 0. The monoisotopic (exact) mass is 431 g/mol. The molecule has 3 N–H and O–H groups in total. The Bertz CT molecular complexity index is 860. The van der Waals surface area contributed by atoms with E-state index in [2.05, 4.69) is 5.32 Å². The smallest absolute Gasteiger partial charge is 0.406 e. The van der Waals surface area contributed by atoms with Crippen LogP contribution in [0.25, 0.3) is 6.08 Å². The molecule has 0 bridgehead atoms. The summed E-state index contributed by atoms with van der Waals surface area (Å²) in [5.41, 5.74) is 1.27. The first-order valence-electron chi connectivity index (χ1n) is 10.3. The summed E-state index contributed by atoms with van der Waals surface area (Å²) in [5, 5.41) is 22.9. The maximum atomic E-state index is 12.8. The number of hydrogen-bond acceptors (Lipinski definition) is 7. The first-order chi connectivity index (χ1) is 14.8. The van der Waals surface area contributed by atoms with Crippen molar-refractivity contribution in [1.82, 2.24) is 5.32 Å². The van der Waals surface area contributed by atoms with Crippen LogP contribution in [-0.4, -0.2) is 53.9 Å². The molecule has 168 valence electrons. The van der Waals surface area contributed by atoms with Gasteiger partial charge in [-0.25, -0.2) is 9.59 Å². The van der Waals surface area contributed by atoms with Gasteiger partial charge in [0.2, 0.25) is 0 Å². The molecule has 0 radical (unpaired) electrons. The molecule has 1 aromatic rings. The average molecular weight is 431 g/mol. The van der Waals surface area contributed by atoms with Crippen LogP contribution in [0.1, 0.15) is 54.1 Å². The molecule has 8 heteroatoms. The van der Waals surface area contributed by atoms with E-state index in [0.717, 1.165) is 5.56 Å². The second-order valence-electron chi connectivity index (χ2n) is 7.34. The van der Waals surface area contributed by atoms with Crippen LogP contribution >= 0.6 is 0 Å². The van der Waals surface area contributed by atoms with Crippen LogP contribution in [0.15, 0.2) is 30.4 Å². The number of ether oxygens (including phenoxy) is 2. The van der Waals surface area contributed by atoms with Crippen LogP contribution in [0.3, 0.4) is 0 Å². The van der Waals surface area contributed by atoms with Crippen molar-refractivity contribution in [3.63, 3.8) is 0 Å². The predicted molar refractivity (Wildman–Crippen MR) is 115 cm³/mol. The number of ketones is 1. The molecule has 0 aromatic heterocycles. The molecular weight excluding hydrogens is 402 g/mol. The minimum absolute atomic E-state index is 0.00834. The van der Waals surface area contributed by atoms with E-state index in [0.29, 0.717) is 24.8 Å². The van der Waals surface area contributed by atoms with Crippen molar-refractivity contribution >= 4 is 23.9 Å². The SMILES string of the molecule is CNC(=O)OCCCc1ccc(O)c2c1/C=C/C[C@H](O)CC(=O)/C=C\C[C@H](C)OC2=O. The van der Waals surface area contributed by atoms with Gasteiger partial charge in [0, 0.05) is 19.9 Å². The number of aromatic hydroxyl groups is 1. The van der Waals surface area contributed by atoms with E-state index in [9.17, 15) is 24.6 Å². The molecule has 0 aliphatic carbocycles. The van der Waals surface area contributed by atoms with E-state index in [1.165, 1.54) is 19.2 Å². The Morgan fingerprint density at radius 2 is 1.97 bits per heavy atom. The number of amides is 1. The van der Waals surface area contributed by atoms with Crippen molar-refractivity contribution in [2.45, 2.75) is 51.2 Å². The highest BCUT2D eigenvalue weighted by atomic mass is 16.5. The summed E-state index contributed by atoms with van der Waals surface area (Å²) in [6, 6.07) is 3.13. The molecule has 1 aliphatic heterocycles. The number of alkyl carbamates (subject to hydrolysis) is 1. The summed E-state index contributed by atoms with van der Waals surface area (Å²) in [6.07, 6.45) is 5.92. The fourth-order valence-corrected chi connectivity index (χ4v) is 3.18. The highest BCUT2D eigenvalue weighted by Gasteiger charge is 2.22. The second-order valence-corrected chi connectivity index (χ2v) is 7.34. The van der Waals surface area contributed by atoms with Gasteiger partial charge in [0.05, 0.1) is 12.7 Å². The lowest BCUT2D eigenvalue weighted by Crippen LogP contribution is -2.20. The van der Waals surface area contributed by atoms with Crippen LogP contribution in [0.4, 0.5) is 4.79 Å². The van der Waals surface area contributed by atoms with Crippen LogP contribution in [0, 0.1) is 0 Å². The molecule has 1 aromatic carbocycles. The fraction of sp³-hybridized carbons (Fsp3) is 0.435. The number of benzene rings is 1. The van der Waals surface area contributed by atoms with E-state index in [-0.39, 0.29) is 36.5 Å². The maximum Gasteiger partial charge on any atom is 0.406 e. The number of nitrogens with one attached hydrogen (secondary N) is 1. The lowest BCUT2D eigenvalue weighted by Gasteiger charge is -2.17. The van der Waals surface area contributed by atoms with Crippen LogP contribution < -0.4 is 5.32 Å². The molecule has 2 atom stereocenters. The number of carbonyl (C=O) groups excluding carboxylic acids is 3. The highest BCUT2D eigenvalue weighted by Crippen LogP contribution is 2.29. The molecule has 0 saturated carbocycles. The van der Waals surface area contributed by atoms with Crippen LogP contribution in [0.2, 0.25) is 0 Å². The van der Waals surface area contributed by atoms with E-state index in [1.807, 2.05) is 0 Å². The van der Waals surface area contributed by atoms with Gasteiger partial charge in [-0.2, -0.15) is 0 Å². The Balaban J connectivity index is 2.33. The molecule has 2 rings (SSSR count). The Morgan fingerprint density at radius 3 is 2.71 bits per heavy atom. The molecule has 0 spiro atoms. The Labute approximate surface area is 181 Å². The van der Waals surface area contributed by atoms with Crippen LogP contribution in [-0.2, 0) is 20.7 Å². The molecule has 1 aliphatic rings. The summed E-state index contributed by atoms with van der Waals surface area (Å²) < 4.78 is 10.5. The zero-order valence-corrected chi connectivity index (χ0v) is 17.8. The number of phenols is 1. The van der Waals surface area contributed by atoms with Crippen molar-refractivity contribution in [2.75, 3.05) is 13.7 Å². The van der Waals surface area contributed by atoms with E-state index >= 15 is 0 Å². The van der Waals surface area contributed by atoms with E-state index in [1.54, 1.807) is 31.2 Å². The van der Waals surface area contributed by atoms with Gasteiger partial charge in [-0.15, -0.1) is 0 Å². The molecule has 0 unspecified atom stereocenters.